The van der Waals surface area contributed by atoms with E-state index in [4.69, 9.17) is 4.74 Å². The van der Waals surface area contributed by atoms with Crippen molar-refractivity contribution in [3.63, 3.8) is 0 Å². The van der Waals surface area contributed by atoms with Crippen LogP contribution in [0.3, 0.4) is 0 Å². The van der Waals surface area contributed by atoms with Crippen molar-refractivity contribution in [3.8, 4) is 5.75 Å². The van der Waals surface area contributed by atoms with Crippen molar-refractivity contribution in [2.24, 2.45) is 0 Å². The highest BCUT2D eigenvalue weighted by atomic mass is 16.5. The van der Waals surface area contributed by atoms with Crippen LogP contribution in [0.2, 0.25) is 0 Å². The Bertz CT molecular complexity index is 704. The number of amides is 1. The van der Waals surface area contributed by atoms with Gasteiger partial charge < -0.3 is 10.1 Å². The third-order valence-electron chi connectivity index (χ3n) is 3.65. The maximum Gasteiger partial charge on any atom is 0.251 e. The predicted octanol–water partition coefficient (Wildman–Crippen LogP) is 2.21. The molecule has 0 fully saturated rings. The van der Waals surface area contributed by atoms with Crippen molar-refractivity contribution in [3.05, 3.63) is 64.7 Å². The maximum absolute atomic E-state index is 12.5. The van der Waals surface area contributed by atoms with E-state index >= 15 is 0 Å². The van der Waals surface area contributed by atoms with Crippen LogP contribution in [0, 0.1) is 0 Å². The van der Waals surface area contributed by atoms with Crippen molar-refractivity contribution in [1.82, 2.24) is 5.32 Å². The number of fused-ring (bicyclic) bond motifs is 1. The van der Waals surface area contributed by atoms with Crippen molar-refractivity contribution >= 4 is 11.7 Å². The molecule has 0 radical (unpaired) electrons. The molecule has 4 nitrogen and oxygen atoms in total. The van der Waals surface area contributed by atoms with Crippen molar-refractivity contribution in [2.45, 2.75) is 6.42 Å². The molecule has 2 aromatic carbocycles. The molecule has 0 spiro atoms. The summed E-state index contributed by atoms with van der Waals surface area (Å²) in [7, 11) is 1.58. The summed E-state index contributed by atoms with van der Waals surface area (Å²) < 4.78 is 5.08. The first-order valence-corrected chi connectivity index (χ1v) is 6.79. The number of carbonyl (C=O) groups is 2. The third kappa shape index (κ3) is 2.52. The summed E-state index contributed by atoms with van der Waals surface area (Å²) >= 11 is 0. The molecule has 0 aliphatic carbocycles. The summed E-state index contributed by atoms with van der Waals surface area (Å²) in [5.41, 5.74) is 2.69. The average molecular weight is 281 g/mol. The number of ketones is 1. The fourth-order valence-electron chi connectivity index (χ4n) is 2.46. The molecule has 3 rings (SSSR count). The van der Waals surface area contributed by atoms with E-state index in [2.05, 4.69) is 5.32 Å². The zero-order valence-corrected chi connectivity index (χ0v) is 11.7. The molecule has 2 aromatic rings. The molecule has 4 heteroatoms. The van der Waals surface area contributed by atoms with E-state index in [1.54, 1.807) is 43.5 Å². The zero-order valence-electron chi connectivity index (χ0n) is 11.7. The summed E-state index contributed by atoms with van der Waals surface area (Å²) in [4.78, 5) is 24.3. The monoisotopic (exact) mass is 281 g/mol. The molecule has 21 heavy (non-hydrogen) atoms. The molecule has 0 bridgehead atoms. The minimum absolute atomic E-state index is 0.0983. The second kappa shape index (κ2) is 5.40. The number of methoxy groups -OCH3 is 1. The molecular weight excluding hydrogens is 266 g/mol. The number of rotatable bonds is 3. The van der Waals surface area contributed by atoms with Crippen LogP contribution < -0.4 is 10.1 Å². The lowest BCUT2D eigenvalue weighted by Crippen LogP contribution is -2.32. The standard InChI is InChI=1S/C17H15NO3/c1-21-14-6-4-12(5-7-14)16(19)13-3-2-11-8-9-18-17(20)15(11)10-13/h2-7,10H,8-9H2,1H3,(H,18,20). The molecule has 1 amide bonds. The van der Waals surface area contributed by atoms with E-state index in [9.17, 15) is 9.59 Å². The van der Waals surface area contributed by atoms with E-state index in [-0.39, 0.29) is 11.7 Å². The molecule has 1 heterocycles. The largest absolute Gasteiger partial charge is 0.497 e. The van der Waals surface area contributed by atoms with Gasteiger partial charge in [0.05, 0.1) is 7.11 Å². The van der Waals surface area contributed by atoms with E-state index in [0.29, 0.717) is 29.0 Å². The Morgan fingerprint density at radius 3 is 2.52 bits per heavy atom. The van der Waals surface area contributed by atoms with E-state index in [0.717, 1.165) is 12.0 Å². The summed E-state index contributed by atoms with van der Waals surface area (Å²) in [5, 5.41) is 2.79. The second-order valence-corrected chi connectivity index (χ2v) is 4.94. The first-order valence-electron chi connectivity index (χ1n) is 6.79. The van der Waals surface area contributed by atoms with Crippen LogP contribution in [0.4, 0.5) is 0 Å². The Labute approximate surface area is 122 Å². The highest BCUT2D eigenvalue weighted by molar-refractivity contribution is 6.10. The van der Waals surface area contributed by atoms with E-state index < -0.39 is 0 Å². The number of benzene rings is 2. The van der Waals surface area contributed by atoms with Crippen molar-refractivity contribution in [2.75, 3.05) is 13.7 Å². The van der Waals surface area contributed by atoms with Crippen LogP contribution in [0.15, 0.2) is 42.5 Å². The fraction of sp³-hybridized carbons (Fsp3) is 0.176. The molecule has 1 aliphatic rings. The van der Waals surface area contributed by atoms with Gasteiger partial charge in [-0.15, -0.1) is 0 Å². The van der Waals surface area contributed by atoms with Gasteiger partial charge in [0.15, 0.2) is 5.78 Å². The molecule has 0 atom stereocenters. The minimum atomic E-state index is -0.111. The van der Waals surface area contributed by atoms with Gasteiger partial charge in [-0.2, -0.15) is 0 Å². The van der Waals surface area contributed by atoms with Crippen molar-refractivity contribution < 1.29 is 14.3 Å². The molecule has 1 aliphatic heterocycles. The highest BCUT2D eigenvalue weighted by Crippen LogP contribution is 2.19. The fourth-order valence-corrected chi connectivity index (χ4v) is 2.46. The van der Waals surface area contributed by atoms with Crippen LogP contribution >= 0.6 is 0 Å². The van der Waals surface area contributed by atoms with Gasteiger partial charge >= 0.3 is 0 Å². The van der Waals surface area contributed by atoms with Gasteiger partial charge in [-0.25, -0.2) is 0 Å². The second-order valence-electron chi connectivity index (χ2n) is 4.94. The minimum Gasteiger partial charge on any atom is -0.497 e. The van der Waals surface area contributed by atoms with Crippen LogP contribution in [-0.2, 0) is 6.42 Å². The van der Waals surface area contributed by atoms with Gasteiger partial charge in [-0.05, 0) is 42.3 Å². The molecule has 1 N–H and O–H groups in total. The normalized spacial score (nSPS) is 13.3. The SMILES string of the molecule is COc1ccc(C(=O)c2ccc3c(c2)C(=O)NCC3)cc1. The first kappa shape index (κ1) is 13.4. The molecule has 0 aromatic heterocycles. The first-order chi connectivity index (χ1) is 10.2. The lowest BCUT2D eigenvalue weighted by atomic mass is 9.94. The van der Waals surface area contributed by atoms with Gasteiger partial charge in [0.2, 0.25) is 0 Å². The Morgan fingerprint density at radius 2 is 1.81 bits per heavy atom. The average Bonchev–Trinajstić information content (AvgIpc) is 2.54. The molecule has 0 saturated heterocycles. The number of nitrogens with one attached hydrogen (secondary N) is 1. The lowest BCUT2D eigenvalue weighted by Gasteiger charge is -2.16. The summed E-state index contributed by atoms with van der Waals surface area (Å²) in [5.74, 6) is 0.496. The maximum atomic E-state index is 12.5. The Morgan fingerprint density at radius 1 is 1.10 bits per heavy atom. The molecule has 106 valence electrons. The number of hydrogen-bond donors (Lipinski definition) is 1. The molecule has 0 saturated carbocycles. The topological polar surface area (TPSA) is 55.4 Å². The van der Waals surface area contributed by atoms with Crippen molar-refractivity contribution in [1.29, 1.82) is 0 Å². The predicted molar refractivity (Wildman–Crippen MR) is 78.9 cm³/mol. The summed E-state index contributed by atoms with van der Waals surface area (Å²) in [6, 6.07) is 12.3. The third-order valence-corrected chi connectivity index (χ3v) is 3.65. The Balaban J connectivity index is 1.94. The van der Waals surface area contributed by atoms with E-state index in [1.807, 2.05) is 6.07 Å². The number of hydrogen-bond acceptors (Lipinski definition) is 3. The van der Waals surface area contributed by atoms with Gasteiger partial charge in [0.25, 0.3) is 5.91 Å². The van der Waals surface area contributed by atoms with Gasteiger partial charge in [0, 0.05) is 23.2 Å². The smallest absolute Gasteiger partial charge is 0.251 e. The summed E-state index contributed by atoms with van der Waals surface area (Å²) in [6.45, 7) is 0.650. The number of ether oxygens (including phenoxy) is 1. The molecule has 0 unspecified atom stereocenters. The van der Waals surface area contributed by atoms with Gasteiger partial charge in [-0.3, -0.25) is 9.59 Å². The molecular formula is C17H15NO3. The lowest BCUT2D eigenvalue weighted by molar-refractivity contribution is 0.0946. The highest BCUT2D eigenvalue weighted by Gasteiger charge is 2.19. The van der Waals surface area contributed by atoms with E-state index in [1.165, 1.54) is 0 Å². The Kier molecular flexibility index (Phi) is 3.44. The number of carbonyl (C=O) groups excluding carboxylic acids is 2. The van der Waals surface area contributed by atoms with Gasteiger partial charge in [0.1, 0.15) is 5.75 Å². The zero-order chi connectivity index (χ0) is 14.8. The van der Waals surface area contributed by atoms with Gasteiger partial charge in [-0.1, -0.05) is 12.1 Å². The Hall–Kier alpha value is -2.62. The van der Waals surface area contributed by atoms with Crippen LogP contribution in [0.1, 0.15) is 31.8 Å². The quantitative estimate of drug-likeness (QED) is 0.878. The summed E-state index contributed by atoms with van der Waals surface area (Å²) in [6.07, 6.45) is 0.804. The van der Waals surface area contributed by atoms with Crippen LogP contribution in [0.25, 0.3) is 0 Å². The van der Waals surface area contributed by atoms with Crippen LogP contribution in [-0.4, -0.2) is 25.3 Å². The van der Waals surface area contributed by atoms with Crippen LogP contribution in [0.5, 0.6) is 5.75 Å².